The quantitative estimate of drug-likeness (QED) is 0.631. The predicted octanol–water partition coefficient (Wildman–Crippen LogP) is 0.930. The number of nitrogens with one attached hydrogen (secondary N) is 2. The van der Waals surface area contributed by atoms with Gasteiger partial charge in [-0.3, -0.25) is 14.6 Å². The zero-order chi connectivity index (χ0) is 13.7. The minimum atomic E-state index is -0.192. The summed E-state index contributed by atoms with van der Waals surface area (Å²) in [5.74, 6) is 0.00981. The van der Waals surface area contributed by atoms with Gasteiger partial charge in [0.25, 0.3) is 5.56 Å². The molecule has 3 heterocycles. The summed E-state index contributed by atoms with van der Waals surface area (Å²) in [5, 5.41) is 0. The summed E-state index contributed by atoms with van der Waals surface area (Å²) in [7, 11) is 0. The molecule has 19 heavy (non-hydrogen) atoms. The van der Waals surface area contributed by atoms with Crippen LogP contribution < -0.4 is 5.56 Å². The Morgan fingerprint density at radius 1 is 1.11 bits per heavy atom. The Morgan fingerprint density at radius 2 is 1.84 bits per heavy atom. The first-order valence-electron chi connectivity index (χ1n) is 5.47. The van der Waals surface area contributed by atoms with Gasteiger partial charge in [-0.05, 0) is 12.1 Å². The van der Waals surface area contributed by atoms with E-state index in [9.17, 15) is 9.59 Å². The Balaban J connectivity index is 0.000000141. The molecule has 3 aromatic rings. The van der Waals surface area contributed by atoms with Crippen LogP contribution in [0.1, 0.15) is 17.4 Å². The van der Waals surface area contributed by atoms with Crippen molar-refractivity contribution in [2.24, 2.45) is 0 Å². The maximum atomic E-state index is 10.9. The third kappa shape index (κ3) is 3.09. The fourth-order valence-electron chi connectivity index (χ4n) is 1.35. The van der Waals surface area contributed by atoms with Gasteiger partial charge in [-0.15, -0.1) is 0 Å². The van der Waals surface area contributed by atoms with E-state index in [4.69, 9.17) is 0 Å². The molecule has 0 unspecified atom stereocenters. The molecule has 0 aliphatic rings. The van der Waals surface area contributed by atoms with Gasteiger partial charge in [0.15, 0.2) is 16.9 Å². The van der Waals surface area contributed by atoms with Crippen molar-refractivity contribution in [3.8, 4) is 0 Å². The van der Waals surface area contributed by atoms with Crippen LogP contribution in [0.25, 0.3) is 11.2 Å². The number of ketones is 1. The van der Waals surface area contributed by atoms with Crippen LogP contribution in [0.2, 0.25) is 0 Å². The van der Waals surface area contributed by atoms with E-state index in [-0.39, 0.29) is 11.3 Å². The molecule has 0 bridgehead atoms. The molecule has 0 saturated carbocycles. The third-order valence-electron chi connectivity index (χ3n) is 2.25. The lowest BCUT2D eigenvalue weighted by molar-refractivity contribution is 0.101. The van der Waals surface area contributed by atoms with Gasteiger partial charge in [0.2, 0.25) is 0 Å². The monoisotopic (exact) mass is 257 g/mol. The number of rotatable bonds is 1. The summed E-state index contributed by atoms with van der Waals surface area (Å²) in [4.78, 5) is 38.0. The van der Waals surface area contributed by atoms with Crippen LogP contribution in [-0.2, 0) is 0 Å². The van der Waals surface area contributed by atoms with E-state index in [1.807, 2.05) is 0 Å². The Morgan fingerprint density at radius 3 is 2.37 bits per heavy atom. The lowest BCUT2D eigenvalue weighted by Crippen LogP contribution is -2.05. The number of pyridine rings is 1. The summed E-state index contributed by atoms with van der Waals surface area (Å²) in [6.07, 6.45) is 4.37. The number of H-pyrrole nitrogens is 2. The number of aromatic nitrogens is 5. The predicted molar refractivity (Wildman–Crippen MR) is 68.8 cm³/mol. The van der Waals surface area contributed by atoms with Gasteiger partial charge in [-0.1, -0.05) is 6.07 Å². The first kappa shape index (κ1) is 12.6. The summed E-state index contributed by atoms with van der Waals surface area (Å²) in [5.41, 5.74) is 1.20. The molecular weight excluding hydrogens is 246 g/mol. The lowest BCUT2D eigenvalue weighted by atomic mass is 10.3. The molecule has 3 aromatic heterocycles. The highest BCUT2D eigenvalue weighted by Gasteiger charge is 1.97. The number of fused-ring (bicyclic) bond motifs is 1. The fraction of sp³-hybridized carbons (Fsp3) is 0.0833. The van der Waals surface area contributed by atoms with Gasteiger partial charge in [-0.2, -0.15) is 0 Å². The molecule has 0 aliphatic heterocycles. The molecular formula is C12H11N5O2. The van der Waals surface area contributed by atoms with E-state index in [1.54, 1.807) is 24.4 Å². The Bertz CT molecular complexity index is 732. The van der Waals surface area contributed by atoms with E-state index >= 15 is 0 Å². The van der Waals surface area contributed by atoms with Crippen LogP contribution in [0.4, 0.5) is 0 Å². The topological polar surface area (TPSA) is 104 Å². The molecule has 2 N–H and O–H groups in total. The second-order valence-electron chi connectivity index (χ2n) is 3.60. The van der Waals surface area contributed by atoms with Gasteiger partial charge in [0.05, 0.1) is 12.7 Å². The Labute approximate surface area is 107 Å². The van der Waals surface area contributed by atoms with Crippen LogP contribution in [-0.4, -0.2) is 30.7 Å². The minimum Gasteiger partial charge on any atom is -0.339 e. The van der Waals surface area contributed by atoms with Crippen molar-refractivity contribution in [2.45, 2.75) is 6.92 Å². The van der Waals surface area contributed by atoms with Crippen molar-refractivity contribution in [3.63, 3.8) is 0 Å². The maximum Gasteiger partial charge on any atom is 0.276 e. The largest absolute Gasteiger partial charge is 0.339 e. The molecule has 0 aliphatic carbocycles. The van der Waals surface area contributed by atoms with Crippen molar-refractivity contribution < 1.29 is 4.79 Å². The second-order valence-corrected chi connectivity index (χ2v) is 3.60. The first-order chi connectivity index (χ1) is 9.18. The van der Waals surface area contributed by atoms with E-state index in [0.29, 0.717) is 16.9 Å². The van der Waals surface area contributed by atoms with Crippen molar-refractivity contribution in [1.82, 2.24) is 24.9 Å². The Hall–Kier alpha value is -2.83. The molecule has 0 radical (unpaired) electrons. The average molecular weight is 257 g/mol. The summed E-state index contributed by atoms with van der Waals surface area (Å²) < 4.78 is 0. The standard InChI is InChI=1S/C7H7NO.C5H4N4O/c1-6(9)7-4-2-3-5-8-7;10-5-3-4(7-1-6-3)8-2-9-5/h2-5H,1H3;1-2H,(H2,6,7,8,9,10). The highest BCUT2D eigenvalue weighted by Crippen LogP contribution is 1.94. The zero-order valence-corrected chi connectivity index (χ0v) is 10.1. The summed E-state index contributed by atoms with van der Waals surface area (Å²) in [6.45, 7) is 1.50. The zero-order valence-electron chi connectivity index (χ0n) is 10.1. The number of carbonyl (C=O) groups excluding carboxylic acids is 1. The number of aromatic amines is 2. The van der Waals surface area contributed by atoms with Crippen LogP contribution in [0.5, 0.6) is 0 Å². The molecule has 96 valence electrons. The number of Topliss-reactive ketones (excluding diaryl/α,β-unsaturated/α-hetero) is 1. The highest BCUT2D eigenvalue weighted by atomic mass is 16.1. The second kappa shape index (κ2) is 5.67. The van der Waals surface area contributed by atoms with Gasteiger partial charge >= 0.3 is 0 Å². The van der Waals surface area contributed by atoms with Crippen LogP contribution in [0.15, 0.2) is 41.8 Å². The van der Waals surface area contributed by atoms with Crippen molar-refractivity contribution >= 4 is 16.9 Å². The summed E-state index contributed by atoms with van der Waals surface area (Å²) >= 11 is 0. The van der Waals surface area contributed by atoms with Crippen molar-refractivity contribution in [1.29, 1.82) is 0 Å². The van der Waals surface area contributed by atoms with Gasteiger partial charge in [0, 0.05) is 13.1 Å². The van der Waals surface area contributed by atoms with Crippen molar-refractivity contribution in [3.05, 3.63) is 53.1 Å². The minimum absolute atomic E-state index is 0.00981. The summed E-state index contributed by atoms with van der Waals surface area (Å²) in [6, 6.07) is 5.28. The average Bonchev–Trinajstić information content (AvgIpc) is 2.90. The SMILES string of the molecule is CC(=O)c1ccccn1.O=c1[nH]cnc2nc[nH]c12. The highest BCUT2D eigenvalue weighted by molar-refractivity contribution is 5.91. The molecule has 0 spiro atoms. The van der Waals surface area contributed by atoms with E-state index in [0.717, 1.165) is 0 Å². The number of hydrogen-bond acceptors (Lipinski definition) is 5. The molecule has 7 nitrogen and oxygen atoms in total. The van der Waals surface area contributed by atoms with Crippen LogP contribution >= 0.6 is 0 Å². The number of imidazole rings is 1. The molecule has 0 saturated heterocycles. The van der Waals surface area contributed by atoms with Crippen molar-refractivity contribution in [2.75, 3.05) is 0 Å². The third-order valence-corrected chi connectivity index (χ3v) is 2.25. The molecule has 0 aromatic carbocycles. The normalized spacial score (nSPS) is 9.74. The van der Waals surface area contributed by atoms with E-state index < -0.39 is 0 Å². The maximum absolute atomic E-state index is 10.9. The Kier molecular flexibility index (Phi) is 3.77. The van der Waals surface area contributed by atoms with E-state index in [1.165, 1.54) is 19.6 Å². The number of carbonyl (C=O) groups is 1. The molecule has 0 amide bonds. The number of nitrogens with zero attached hydrogens (tertiary/aromatic N) is 3. The van der Waals surface area contributed by atoms with E-state index in [2.05, 4.69) is 24.9 Å². The van der Waals surface area contributed by atoms with Gasteiger partial charge in [0.1, 0.15) is 5.69 Å². The molecule has 7 heteroatoms. The van der Waals surface area contributed by atoms with Gasteiger partial charge < -0.3 is 9.97 Å². The molecule has 0 atom stereocenters. The van der Waals surface area contributed by atoms with Gasteiger partial charge in [-0.25, -0.2) is 9.97 Å². The smallest absolute Gasteiger partial charge is 0.276 e. The fourth-order valence-corrected chi connectivity index (χ4v) is 1.35. The lowest BCUT2D eigenvalue weighted by Gasteiger charge is -1.88. The molecule has 0 fully saturated rings. The first-order valence-corrected chi connectivity index (χ1v) is 5.47. The molecule has 3 rings (SSSR count). The van der Waals surface area contributed by atoms with Crippen LogP contribution in [0, 0.1) is 0 Å². The number of hydrogen-bond donors (Lipinski definition) is 2. The van der Waals surface area contributed by atoms with Crippen LogP contribution in [0.3, 0.4) is 0 Å².